The van der Waals surface area contributed by atoms with Gasteiger partial charge in [-0.2, -0.15) is 0 Å². The molecule has 0 heterocycles. The summed E-state index contributed by atoms with van der Waals surface area (Å²) in [6.07, 6.45) is 5.30. The summed E-state index contributed by atoms with van der Waals surface area (Å²) in [5.74, 6) is 0. The Morgan fingerprint density at radius 2 is 2.08 bits per heavy atom. The molecule has 12 heavy (non-hydrogen) atoms. The zero-order valence-corrected chi connectivity index (χ0v) is 8.73. The van der Waals surface area contributed by atoms with Crippen molar-refractivity contribution in [2.24, 2.45) is 0 Å². The maximum absolute atomic E-state index is 5.55. The van der Waals surface area contributed by atoms with E-state index in [1.54, 1.807) is 0 Å². The summed E-state index contributed by atoms with van der Waals surface area (Å²) < 4.78 is 5.55. The molecule has 1 atom stereocenters. The van der Waals surface area contributed by atoms with Crippen LogP contribution >= 0.6 is 0 Å². The SMILES string of the molecule is CCCOC(C)CCCCNC. The minimum Gasteiger partial charge on any atom is -0.379 e. The minimum atomic E-state index is 0.446. The lowest BCUT2D eigenvalue weighted by Gasteiger charge is -2.11. The van der Waals surface area contributed by atoms with Crippen molar-refractivity contribution in [3.63, 3.8) is 0 Å². The monoisotopic (exact) mass is 173 g/mol. The van der Waals surface area contributed by atoms with Crippen molar-refractivity contribution in [1.82, 2.24) is 5.32 Å². The zero-order chi connectivity index (χ0) is 9.23. The molecule has 0 aromatic carbocycles. The number of nitrogens with one attached hydrogen (secondary N) is 1. The number of ether oxygens (including phenoxy) is 1. The normalized spacial score (nSPS) is 13.2. The average Bonchev–Trinajstić information content (AvgIpc) is 2.09. The van der Waals surface area contributed by atoms with E-state index in [0.717, 1.165) is 19.6 Å². The van der Waals surface area contributed by atoms with E-state index in [2.05, 4.69) is 19.2 Å². The van der Waals surface area contributed by atoms with E-state index in [0.29, 0.717) is 6.10 Å². The van der Waals surface area contributed by atoms with Crippen molar-refractivity contribution >= 4 is 0 Å². The summed E-state index contributed by atoms with van der Waals surface area (Å²) in [7, 11) is 2.00. The topological polar surface area (TPSA) is 21.3 Å². The summed E-state index contributed by atoms with van der Waals surface area (Å²) >= 11 is 0. The lowest BCUT2D eigenvalue weighted by atomic mass is 10.2. The number of hydrogen-bond donors (Lipinski definition) is 1. The predicted molar refractivity (Wildman–Crippen MR) is 53.5 cm³/mol. The van der Waals surface area contributed by atoms with Gasteiger partial charge in [0.2, 0.25) is 0 Å². The second kappa shape index (κ2) is 9.01. The van der Waals surface area contributed by atoms with Gasteiger partial charge in [0.05, 0.1) is 6.10 Å². The molecule has 0 radical (unpaired) electrons. The van der Waals surface area contributed by atoms with Gasteiger partial charge >= 0.3 is 0 Å². The van der Waals surface area contributed by atoms with Crippen LogP contribution in [0.4, 0.5) is 0 Å². The van der Waals surface area contributed by atoms with Crippen LogP contribution in [0.3, 0.4) is 0 Å². The summed E-state index contributed by atoms with van der Waals surface area (Å²) in [5.41, 5.74) is 0. The molecule has 0 aliphatic heterocycles. The Kier molecular flexibility index (Phi) is 8.95. The van der Waals surface area contributed by atoms with Crippen LogP contribution in [0.15, 0.2) is 0 Å². The van der Waals surface area contributed by atoms with Crippen LogP contribution in [-0.2, 0) is 4.74 Å². The number of rotatable bonds is 8. The van der Waals surface area contributed by atoms with Crippen LogP contribution in [0.2, 0.25) is 0 Å². The van der Waals surface area contributed by atoms with Gasteiger partial charge in [-0.3, -0.25) is 0 Å². The number of unbranched alkanes of at least 4 members (excludes halogenated alkanes) is 1. The first kappa shape index (κ1) is 11.9. The van der Waals surface area contributed by atoms with Crippen LogP contribution in [0.5, 0.6) is 0 Å². The van der Waals surface area contributed by atoms with Crippen molar-refractivity contribution < 1.29 is 4.74 Å². The van der Waals surface area contributed by atoms with Crippen molar-refractivity contribution in [2.45, 2.75) is 45.6 Å². The van der Waals surface area contributed by atoms with Gasteiger partial charge in [0.25, 0.3) is 0 Å². The smallest absolute Gasteiger partial charge is 0.0547 e. The largest absolute Gasteiger partial charge is 0.379 e. The highest BCUT2D eigenvalue weighted by Gasteiger charge is 1.99. The van der Waals surface area contributed by atoms with E-state index < -0.39 is 0 Å². The van der Waals surface area contributed by atoms with Crippen LogP contribution in [0.1, 0.15) is 39.5 Å². The van der Waals surface area contributed by atoms with Gasteiger partial charge in [-0.25, -0.2) is 0 Å². The highest BCUT2D eigenvalue weighted by atomic mass is 16.5. The lowest BCUT2D eigenvalue weighted by molar-refractivity contribution is 0.0591. The zero-order valence-electron chi connectivity index (χ0n) is 8.73. The highest BCUT2D eigenvalue weighted by Crippen LogP contribution is 2.03. The molecule has 0 spiro atoms. The fraction of sp³-hybridized carbons (Fsp3) is 1.00. The van der Waals surface area contributed by atoms with Gasteiger partial charge in [0.1, 0.15) is 0 Å². The van der Waals surface area contributed by atoms with E-state index in [1.807, 2.05) is 7.05 Å². The van der Waals surface area contributed by atoms with E-state index in [4.69, 9.17) is 4.74 Å². The summed E-state index contributed by atoms with van der Waals surface area (Å²) in [6, 6.07) is 0. The quantitative estimate of drug-likeness (QED) is 0.568. The standard InChI is InChI=1S/C10H23NO/c1-4-9-12-10(2)7-5-6-8-11-3/h10-11H,4-9H2,1-3H3. The fourth-order valence-corrected chi connectivity index (χ4v) is 1.14. The second-order valence-corrected chi connectivity index (χ2v) is 3.28. The van der Waals surface area contributed by atoms with E-state index in [9.17, 15) is 0 Å². The van der Waals surface area contributed by atoms with Crippen molar-refractivity contribution in [2.75, 3.05) is 20.2 Å². The molecule has 1 unspecified atom stereocenters. The average molecular weight is 173 g/mol. The lowest BCUT2D eigenvalue weighted by Crippen LogP contribution is -2.11. The van der Waals surface area contributed by atoms with Gasteiger partial charge in [-0.15, -0.1) is 0 Å². The third kappa shape index (κ3) is 8.02. The van der Waals surface area contributed by atoms with E-state index in [1.165, 1.54) is 19.3 Å². The number of hydrogen-bond acceptors (Lipinski definition) is 2. The van der Waals surface area contributed by atoms with Crippen molar-refractivity contribution in [3.05, 3.63) is 0 Å². The highest BCUT2D eigenvalue weighted by molar-refractivity contribution is 4.52. The van der Waals surface area contributed by atoms with Gasteiger partial charge < -0.3 is 10.1 Å². The molecule has 0 saturated carbocycles. The molecular weight excluding hydrogens is 150 g/mol. The molecule has 0 fully saturated rings. The molecule has 0 aliphatic carbocycles. The first-order valence-electron chi connectivity index (χ1n) is 5.07. The van der Waals surface area contributed by atoms with E-state index in [-0.39, 0.29) is 0 Å². The molecular formula is C10H23NO. The Hall–Kier alpha value is -0.0800. The van der Waals surface area contributed by atoms with Gasteiger partial charge in [0.15, 0.2) is 0 Å². The maximum Gasteiger partial charge on any atom is 0.0547 e. The molecule has 0 aromatic rings. The molecule has 0 saturated heterocycles. The van der Waals surface area contributed by atoms with Gasteiger partial charge in [-0.1, -0.05) is 6.92 Å². The molecule has 0 bridgehead atoms. The molecule has 2 nitrogen and oxygen atoms in total. The Morgan fingerprint density at radius 1 is 1.33 bits per heavy atom. The molecule has 1 N–H and O–H groups in total. The molecule has 0 aliphatic rings. The Morgan fingerprint density at radius 3 is 2.67 bits per heavy atom. The summed E-state index contributed by atoms with van der Waals surface area (Å²) in [4.78, 5) is 0. The predicted octanol–water partition coefficient (Wildman–Crippen LogP) is 2.19. The third-order valence-electron chi connectivity index (χ3n) is 1.89. The molecule has 0 rings (SSSR count). The maximum atomic E-state index is 5.55. The minimum absolute atomic E-state index is 0.446. The Balaban J connectivity index is 3.02. The van der Waals surface area contributed by atoms with Crippen LogP contribution in [0.25, 0.3) is 0 Å². The second-order valence-electron chi connectivity index (χ2n) is 3.28. The van der Waals surface area contributed by atoms with Gasteiger partial charge in [-0.05, 0) is 46.2 Å². The molecule has 2 heteroatoms. The first-order chi connectivity index (χ1) is 5.81. The summed E-state index contributed by atoms with van der Waals surface area (Å²) in [5, 5.41) is 3.14. The van der Waals surface area contributed by atoms with Gasteiger partial charge in [0, 0.05) is 6.61 Å². The van der Waals surface area contributed by atoms with E-state index >= 15 is 0 Å². The molecule has 74 valence electrons. The fourth-order valence-electron chi connectivity index (χ4n) is 1.14. The Bertz CT molecular complexity index is 85.9. The van der Waals surface area contributed by atoms with Crippen LogP contribution in [0, 0.1) is 0 Å². The summed E-state index contributed by atoms with van der Waals surface area (Å²) in [6.45, 7) is 6.34. The molecule has 0 aromatic heterocycles. The third-order valence-corrected chi connectivity index (χ3v) is 1.89. The van der Waals surface area contributed by atoms with Crippen molar-refractivity contribution in [3.8, 4) is 0 Å². The van der Waals surface area contributed by atoms with Crippen molar-refractivity contribution in [1.29, 1.82) is 0 Å². The first-order valence-corrected chi connectivity index (χ1v) is 5.07. The Labute approximate surface area is 76.7 Å². The van der Waals surface area contributed by atoms with Crippen LogP contribution in [-0.4, -0.2) is 26.3 Å². The molecule has 0 amide bonds. The van der Waals surface area contributed by atoms with Crippen LogP contribution < -0.4 is 5.32 Å².